The minimum absolute atomic E-state index is 0.198. The van der Waals surface area contributed by atoms with Crippen molar-refractivity contribution in [3.63, 3.8) is 0 Å². The SMILES string of the molecule is CC1(COCCCCCCc2ccc(N(c3ccccc3)c3ccc4c(c3)C3(c5cc(-c6ccc7c(c6)Cc6ccccc6-7)ccc5-c5ccc(-c6ccc7c(c6)Cc6ccccc6-7)cc53)c3cc(N(c5ccccc5)c5ccc(CCCCCCOCC6(C)COC6)cc5)ccc3-4)cc2)COC1. The molecule has 2 saturated heterocycles. The highest BCUT2D eigenvalue weighted by Crippen LogP contribution is 2.65. The third-order valence-electron chi connectivity index (χ3n) is 23.1. The fourth-order valence-corrected chi connectivity index (χ4v) is 17.6. The molecule has 0 radical (unpaired) electrons. The van der Waals surface area contributed by atoms with Gasteiger partial charge >= 0.3 is 0 Å². The zero-order chi connectivity index (χ0) is 68.9. The maximum absolute atomic E-state index is 6.08. The Kier molecular flexibility index (Phi) is 17.5. The van der Waals surface area contributed by atoms with Gasteiger partial charge in [-0.25, -0.2) is 0 Å². The molecule has 6 nitrogen and oxygen atoms in total. The Labute approximate surface area is 608 Å². The first-order valence-corrected chi connectivity index (χ1v) is 37.9. The molecular formula is C97H90N2O4. The van der Waals surface area contributed by atoms with Crippen molar-refractivity contribution >= 4 is 34.1 Å². The molecule has 512 valence electrons. The summed E-state index contributed by atoms with van der Waals surface area (Å²) >= 11 is 0. The lowest BCUT2D eigenvalue weighted by Gasteiger charge is -2.37. The number of unbranched alkanes of at least 4 members (excludes halogenated alkanes) is 6. The highest BCUT2D eigenvalue weighted by atomic mass is 16.5. The lowest BCUT2D eigenvalue weighted by atomic mass is 9.69. The van der Waals surface area contributed by atoms with Crippen molar-refractivity contribution in [2.24, 2.45) is 10.8 Å². The van der Waals surface area contributed by atoms with Gasteiger partial charge in [-0.3, -0.25) is 0 Å². The molecular weight excluding hydrogens is 1260 g/mol. The van der Waals surface area contributed by atoms with Gasteiger partial charge in [-0.15, -0.1) is 0 Å². The molecule has 0 N–H and O–H groups in total. The van der Waals surface area contributed by atoms with E-state index in [4.69, 9.17) is 18.9 Å². The summed E-state index contributed by atoms with van der Waals surface area (Å²) in [6.07, 6.45) is 13.2. The molecule has 103 heavy (non-hydrogen) atoms. The van der Waals surface area contributed by atoms with Gasteiger partial charge in [-0.1, -0.05) is 222 Å². The smallest absolute Gasteiger partial charge is 0.0727 e. The highest BCUT2D eigenvalue weighted by molar-refractivity contribution is 6.00. The number of nitrogens with zero attached hydrogens (tertiary/aromatic N) is 2. The van der Waals surface area contributed by atoms with E-state index in [9.17, 15) is 0 Å². The number of para-hydroxylation sites is 2. The van der Waals surface area contributed by atoms with Crippen LogP contribution in [0.2, 0.25) is 0 Å². The Morgan fingerprint density at radius 2 is 0.621 bits per heavy atom. The second-order valence-corrected chi connectivity index (χ2v) is 30.9. The van der Waals surface area contributed by atoms with Crippen LogP contribution in [-0.2, 0) is 50.0 Å². The van der Waals surface area contributed by atoms with E-state index in [0.29, 0.717) is 0 Å². The Balaban J connectivity index is 0.755. The fraction of sp³-hybridized carbons (Fsp3) is 0.258. The predicted octanol–water partition coefficient (Wildman–Crippen LogP) is 23.8. The summed E-state index contributed by atoms with van der Waals surface area (Å²) in [5.41, 5.74) is 35.2. The average molecular weight is 1350 g/mol. The molecule has 4 aliphatic carbocycles. The number of hydrogen-bond acceptors (Lipinski definition) is 6. The first-order valence-electron chi connectivity index (χ1n) is 37.9. The molecule has 6 heteroatoms. The number of rotatable bonds is 26. The first kappa shape index (κ1) is 65.1. The molecule has 0 aromatic heterocycles. The van der Waals surface area contributed by atoms with Crippen molar-refractivity contribution in [2.45, 2.75) is 96.3 Å². The quantitative estimate of drug-likeness (QED) is 0.0504. The maximum atomic E-state index is 6.08. The standard InChI is InChI=1S/C97H90N2O4/c1-95(63-102-64-95)61-100-51-19-5-3-9-21-67-31-39-79(40-32-67)98(77-25-11-7-12-26-77)81-43-49-89-90-50-44-82(99(78-27-13-8-14-28-78)80-41-33-68(34-42-80)22-10-4-6-20-52-101-62-96(2)65-103-66-96)60-94(90)97(93(89)59-81)91-57-71(69-35-45-85-75(53-69)55-73-23-15-17-29-83(73)85)37-47-87(91)88-48-38-72(58-92(88)97)70-36-46-86-76(54-70)56-74-24-16-18-30-84(74)86/h7-8,11-18,23-50,53-54,57-60H,3-6,9-10,19-22,51-52,55-56,61-66H2,1-2H3. The van der Waals surface area contributed by atoms with Gasteiger partial charge in [0.15, 0.2) is 0 Å². The van der Waals surface area contributed by atoms with E-state index in [0.717, 1.165) is 138 Å². The van der Waals surface area contributed by atoms with Crippen LogP contribution in [0.5, 0.6) is 0 Å². The van der Waals surface area contributed by atoms with Crippen LogP contribution in [0, 0.1) is 10.8 Å². The van der Waals surface area contributed by atoms with E-state index in [1.165, 1.54) is 148 Å². The summed E-state index contributed by atoms with van der Waals surface area (Å²) in [5, 5.41) is 0. The monoisotopic (exact) mass is 1350 g/mol. The molecule has 12 aromatic rings. The Hall–Kier alpha value is -9.92. The molecule has 12 aromatic carbocycles. The van der Waals surface area contributed by atoms with Gasteiger partial charge in [-0.2, -0.15) is 0 Å². The van der Waals surface area contributed by atoms with Gasteiger partial charge in [0.25, 0.3) is 0 Å². The van der Waals surface area contributed by atoms with E-state index in [-0.39, 0.29) is 10.8 Å². The number of aryl methyl sites for hydroxylation is 2. The van der Waals surface area contributed by atoms with Gasteiger partial charge in [0.1, 0.15) is 0 Å². The van der Waals surface area contributed by atoms with E-state index in [1.54, 1.807) is 0 Å². The molecule has 2 fully saturated rings. The van der Waals surface area contributed by atoms with Crippen molar-refractivity contribution in [3.8, 4) is 66.8 Å². The molecule has 1 spiro atoms. The summed E-state index contributed by atoms with van der Waals surface area (Å²) in [6.45, 7) is 11.0. The van der Waals surface area contributed by atoms with Crippen molar-refractivity contribution < 1.29 is 18.9 Å². The topological polar surface area (TPSA) is 43.4 Å². The van der Waals surface area contributed by atoms with Crippen molar-refractivity contribution in [1.82, 2.24) is 0 Å². The lowest BCUT2D eigenvalue weighted by molar-refractivity contribution is -0.137. The minimum Gasteiger partial charge on any atom is -0.381 e. The number of anilines is 6. The molecule has 0 atom stereocenters. The molecule has 0 bridgehead atoms. The first-order chi connectivity index (χ1) is 50.7. The van der Waals surface area contributed by atoms with E-state index >= 15 is 0 Å². The molecule has 0 amide bonds. The van der Waals surface area contributed by atoms with E-state index in [2.05, 4.69) is 291 Å². The molecule has 0 saturated carbocycles. The van der Waals surface area contributed by atoms with Gasteiger partial charge in [0, 0.05) is 58.2 Å². The van der Waals surface area contributed by atoms with Gasteiger partial charge in [0.2, 0.25) is 0 Å². The number of hydrogen-bond donors (Lipinski definition) is 0. The van der Waals surface area contributed by atoms with Gasteiger partial charge in [0.05, 0.1) is 45.1 Å². The molecule has 18 rings (SSSR count). The van der Waals surface area contributed by atoms with E-state index in [1.807, 2.05) is 0 Å². The zero-order valence-electron chi connectivity index (χ0n) is 59.6. The maximum Gasteiger partial charge on any atom is 0.0727 e. The summed E-state index contributed by atoms with van der Waals surface area (Å²) in [4.78, 5) is 4.97. The largest absolute Gasteiger partial charge is 0.381 e. The predicted molar refractivity (Wildman–Crippen MR) is 423 cm³/mol. The highest BCUT2D eigenvalue weighted by Gasteiger charge is 2.53. The second-order valence-electron chi connectivity index (χ2n) is 30.9. The van der Waals surface area contributed by atoms with Crippen LogP contribution in [0.15, 0.2) is 267 Å². The molecule has 0 unspecified atom stereocenters. The third kappa shape index (κ3) is 12.3. The average Bonchev–Trinajstić information content (AvgIpc) is 1.50. The minimum atomic E-state index is -0.766. The van der Waals surface area contributed by atoms with Gasteiger partial charge in [-0.05, 0) is 259 Å². The van der Waals surface area contributed by atoms with E-state index < -0.39 is 5.41 Å². The fourth-order valence-electron chi connectivity index (χ4n) is 17.6. The van der Waals surface area contributed by atoms with Crippen LogP contribution >= 0.6 is 0 Å². The second kappa shape index (κ2) is 27.7. The third-order valence-corrected chi connectivity index (χ3v) is 23.1. The van der Waals surface area contributed by atoms with Gasteiger partial charge < -0.3 is 28.7 Å². The van der Waals surface area contributed by atoms with Crippen molar-refractivity contribution in [2.75, 3.05) is 62.7 Å². The lowest BCUT2D eigenvalue weighted by Crippen LogP contribution is -2.43. The summed E-state index contributed by atoms with van der Waals surface area (Å²) in [7, 11) is 0. The Morgan fingerprint density at radius 1 is 0.291 bits per heavy atom. The van der Waals surface area contributed by atoms with Crippen LogP contribution in [-0.4, -0.2) is 52.9 Å². The number of benzene rings is 12. The Bertz CT molecular complexity index is 4790. The van der Waals surface area contributed by atoms with Crippen LogP contribution in [0.25, 0.3) is 66.8 Å². The van der Waals surface area contributed by atoms with Crippen LogP contribution in [0.3, 0.4) is 0 Å². The summed E-state index contributed by atoms with van der Waals surface area (Å²) in [6, 6.07) is 103. The van der Waals surface area contributed by atoms with Crippen LogP contribution < -0.4 is 9.80 Å². The normalized spacial score (nSPS) is 15.2. The zero-order valence-corrected chi connectivity index (χ0v) is 59.6. The molecule has 2 heterocycles. The Morgan fingerprint density at radius 3 is 1.03 bits per heavy atom. The molecule has 2 aliphatic heterocycles. The number of ether oxygens (including phenoxy) is 4. The van der Waals surface area contributed by atoms with Crippen molar-refractivity contribution in [1.29, 1.82) is 0 Å². The van der Waals surface area contributed by atoms with Crippen molar-refractivity contribution in [3.05, 3.63) is 323 Å². The molecule has 6 aliphatic rings. The summed E-state index contributed by atoms with van der Waals surface area (Å²) < 4.78 is 23.1. The van der Waals surface area contributed by atoms with Crippen LogP contribution in [0.1, 0.15) is 121 Å². The summed E-state index contributed by atoms with van der Waals surface area (Å²) in [5.74, 6) is 0. The van der Waals surface area contributed by atoms with Crippen LogP contribution in [0.4, 0.5) is 34.1 Å². The number of fused-ring (bicyclic) bond motifs is 16.